The molecule has 0 saturated heterocycles. The molecule has 2 rings (SSSR count). The highest BCUT2D eigenvalue weighted by Crippen LogP contribution is 2.23. The average molecular weight is 333 g/mol. The maximum Gasteiger partial charge on any atom is 0.242 e. The summed E-state index contributed by atoms with van der Waals surface area (Å²) in [4.78, 5) is -0.166. The lowest BCUT2D eigenvalue weighted by Crippen LogP contribution is -2.24. The molecule has 0 saturated carbocycles. The Bertz CT molecular complexity index is 782. The molecule has 2 aromatic rings. The third kappa shape index (κ3) is 3.69. The largest absolute Gasteiger partial charge is 0.399 e. The van der Waals surface area contributed by atoms with Crippen molar-refractivity contribution in [2.75, 3.05) is 5.73 Å². The van der Waals surface area contributed by atoms with E-state index in [1.807, 2.05) is 0 Å². The number of nitrogens with two attached hydrogens (primary N) is 1. The number of hydrogen-bond acceptors (Lipinski definition) is 3. The quantitative estimate of drug-likeness (QED) is 0.845. The average Bonchev–Trinajstić information content (AvgIpc) is 2.37. The molecule has 0 aliphatic rings. The lowest BCUT2D eigenvalue weighted by molar-refractivity contribution is 0.562. The molecule has 0 aliphatic carbocycles. The van der Waals surface area contributed by atoms with Crippen LogP contribution in [0.25, 0.3) is 0 Å². The fourth-order valence-corrected chi connectivity index (χ4v) is 3.21. The van der Waals surface area contributed by atoms with Gasteiger partial charge >= 0.3 is 0 Å². The Hall–Kier alpha value is -1.70. The summed E-state index contributed by atoms with van der Waals surface area (Å²) in [5, 5.41) is -0.0397. The Morgan fingerprint density at radius 1 is 1.14 bits per heavy atom. The van der Waals surface area contributed by atoms with E-state index < -0.39 is 21.7 Å². The second-order valence-electron chi connectivity index (χ2n) is 4.25. The predicted molar refractivity (Wildman–Crippen MR) is 76.2 cm³/mol. The summed E-state index contributed by atoms with van der Waals surface area (Å²) < 4.78 is 52.6. The zero-order valence-corrected chi connectivity index (χ0v) is 12.2. The van der Waals surface area contributed by atoms with Crippen LogP contribution >= 0.6 is 11.6 Å². The Kier molecular flexibility index (Phi) is 4.46. The van der Waals surface area contributed by atoms with Crippen molar-refractivity contribution in [2.45, 2.75) is 11.4 Å². The van der Waals surface area contributed by atoms with Crippen molar-refractivity contribution in [3.8, 4) is 0 Å². The summed E-state index contributed by atoms with van der Waals surface area (Å²) in [6.45, 7) is -0.324. The fraction of sp³-hybridized carbons (Fsp3) is 0.0769. The molecule has 21 heavy (non-hydrogen) atoms. The second kappa shape index (κ2) is 5.97. The van der Waals surface area contributed by atoms with Crippen LogP contribution in [0, 0.1) is 11.6 Å². The van der Waals surface area contributed by atoms with E-state index in [9.17, 15) is 17.2 Å². The van der Waals surface area contributed by atoms with Crippen molar-refractivity contribution in [3.63, 3.8) is 0 Å². The molecule has 0 radical (unpaired) electrons. The predicted octanol–water partition coefficient (Wildman–Crippen LogP) is 2.68. The van der Waals surface area contributed by atoms with E-state index in [1.165, 1.54) is 18.2 Å². The Labute approximate surface area is 125 Å². The van der Waals surface area contributed by atoms with Crippen LogP contribution in [0.2, 0.25) is 5.02 Å². The van der Waals surface area contributed by atoms with Gasteiger partial charge in [0.1, 0.15) is 16.5 Å². The molecule has 0 spiro atoms. The van der Waals surface area contributed by atoms with Gasteiger partial charge in [0.25, 0.3) is 0 Å². The SMILES string of the molecule is Nc1ccc(S(=O)(=O)NCc2ccc(F)cc2F)c(Cl)c1. The van der Waals surface area contributed by atoms with Crippen LogP contribution in [0.3, 0.4) is 0 Å². The minimum absolute atomic E-state index is 0.0199. The maximum atomic E-state index is 13.4. The Morgan fingerprint density at radius 2 is 1.86 bits per heavy atom. The molecular weight excluding hydrogens is 322 g/mol. The van der Waals surface area contributed by atoms with Gasteiger partial charge in [0, 0.05) is 23.9 Å². The molecule has 3 N–H and O–H groups in total. The summed E-state index contributed by atoms with van der Waals surface area (Å²) in [7, 11) is -3.93. The number of anilines is 1. The van der Waals surface area contributed by atoms with E-state index >= 15 is 0 Å². The molecule has 2 aromatic carbocycles. The first-order valence-corrected chi connectivity index (χ1v) is 7.64. The monoisotopic (exact) mass is 332 g/mol. The van der Waals surface area contributed by atoms with Crippen LogP contribution in [0.5, 0.6) is 0 Å². The van der Waals surface area contributed by atoms with Crippen molar-refractivity contribution in [2.24, 2.45) is 0 Å². The van der Waals surface area contributed by atoms with Gasteiger partial charge in [-0.2, -0.15) is 0 Å². The van der Waals surface area contributed by atoms with Crippen molar-refractivity contribution in [1.82, 2.24) is 4.72 Å². The van der Waals surface area contributed by atoms with E-state index in [-0.39, 0.29) is 22.0 Å². The zero-order chi connectivity index (χ0) is 15.6. The van der Waals surface area contributed by atoms with Gasteiger partial charge < -0.3 is 5.73 Å². The third-order valence-electron chi connectivity index (χ3n) is 2.71. The molecule has 0 bridgehead atoms. The molecule has 0 aromatic heterocycles. The number of hydrogen-bond donors (Lipinski definition) is 2. The first kappa shape index (κ1) is 15.7. The van der Waals surface area contributed by atoms with Crippen LogP contribution in [-0.4, -0.2) is 8.42 Å². The van der Waals surface area contributed by atoms with E-state index in [0.29, 0.717) is 11.8 Å². The lowest BCUT2D eigenvalue weighted by atomic mass is 10.2. The molecule has 8 heteroatoms. The van der Waals surface area contributed by atoms with E-state index in [1.54, 1.807) is 0 Å². The van der Waals surface area contributed by atoms with Gasteiger partial charge in [-0.15, -0.1) is 0 Å². The van der Waals surface area contributed by atoms with Crippen molar-refractivity contribution < 1.29 is 17.2 Å². The zero-order valence-electron chi connectivity index (χ0n) is 10.6. The van der Waals surface area contributed by atoms with Crippen molar-refractivity contribution >= 4 is 27.3 Å². The van der Waals surface area contributed by atoms with Crippen LogP contribution in [0.15, 0.2) is 41.3 Å². The van der Waals surface area contributed by atoms with Crippen molar-refractivity contribution in [3.05, 3.63) is 58.6 Å². The van der Waals surface area contributed by atoms with Gasteiger partial charge in [-0.05, 0) is 24.3 Å². The Morgan fingerprint density at radius 3 is 2.48 bits per heavy atom. The number of benzene rings is 2. The minimum atomic E-state index is -3.93. The van der Waals surface area contributed by atoms with Gasteiger partial charge in [0.2, 0.25) is 10.0 Å². The third-order valence-corrected chi connectivity index (χ3v) is 4.60. The van der Waals surface area contributed by atoms with E-state index in [0.717, 1.165) is 12.1 Å². The number of halogens is 3. The van der Waals surface area contributed by atoms with Crippen LogP contribution < -0.4 is 10.5 Å². The first-order chi connectivity index (χ1) is 9.79. The first-order valence-electron chi connectivity index (χ1n) is 5.78. The van der Waals surface area contributed by atoms with Crippen LogP contribution in [0.4, 0.5) is 14.5 Å². The highest BCUT2D eigenvalue weighted by atomic mass is 35.5. The van der Waals surface area contributed by atoms with Crippen LogP contribution in [-0.2, 0) is 16.6 Å². The minimum Gasteiger partial charge on any atom is -0.399 e. The molecule has 0 aliphatic heterocycles. The number of sulfonamides is 1. The van der Waals surface area contributed by atoms with Crippen LogP contribution in [0.1, 0.15) is 5.56 Å². The fourth-order valence-electron chi connectivity index (χ4n) is 1.65. The van der Waals surface area contributed by atoms with Gasteiger partial charge in [0.15, 0.2) is 0 Å². The molecule has 4 nitrogen and oxygen atoms in total. The van der Waals surface area contributed by atoms with Gasteiger partial charge in [-0.3, -0.25) is 0 Å². The topological polar surface area (TPSA) is 72.2 Å². The number of rotatable bonds is 4. The molecule has 0 atom stereocenters. The summed E-state index contributed by atoms with van der Waals surface area (Å²) in [6, 6.07) is 6.83. The van der Waals surface area contributed by atoms with Gasteiger partial charge in [-0.1, -0.05) is 17.7 Å². The molecular formula is C13H11ClF2N2O2S. The second-order valence-corrected chi connectivity index (χ2v) is 6.39. The summed E-state index contributed by atoms with van der Waals surface area (Å²) >= 11 is 5.83. The summed E-state index contributed by atoms with van der Waals surface area (Å²) in [5.74, 6) is -1.57. The highest BCUT2D eigenvalue weighted by Gasteiger charge is 2.18. The number of nitrogens with one attached hydrogen (secondary N) is 1. The molecule has 0 unspecified atom stereocenters. The van der Waals surface area contributed by atoms with Gasteiger partial charge in [-0.25, -0.2) is 21.9 Å². The summed E-state index contributed by atoms with van der Waals surface area (Å²) in [5.41, 5.74) is 5.83. The Balaban J connectivity index is 2.22. The van der Waals surface area contributed by atoms with Gasteiger partial charge in [0.05, 0.1) is 5.02 Å². The molecule has 0 heterocycles. The van der Waals surface area contributed by atoms with Crippen molar-refractivity contribution in [1.29, 1.82) is 0 Å². The molecule has 0 amide bonds. The standard InChI is InChI=1S/C13H11ClF2N2O2S/c14-11-6-10(17)3-4-13(11)21(19,20)18-7-8-1-2-9(15)5-12(8)16/h1-6,18H,7,17H2. The highest BCUT2D eigenvalue weighted by molar-refractivity contribution is 7.89. The lowest BCUT2D eigenvalue weighted by Gasteiger charge is -2.09. The summed E-state index contributed by atoms with van der Waals surface area (Å²) in [6.07, 6.45) is 0. The normalized spacial score (nSPS) is 11.6. The van der Waals surface area contributed by atoms with E-state index in [4.69, 9.17) is 17.3 Å². The van der Waals surface area contributed by atoms with E-state index in [2.05, 4.69) is 4.72 Å². The smallest absolute Gasteiger partial charge is 0.242 e. The number of nitrogen functional groups attached to an aromatic ring is 1. The maximum absolute atomic E-state index is 13.4. The molecule has 0 fully saturated rings. The molecule has 112 valence electrons.